The molecular formula is C17H15FO2. The number of hydrogen-bond acceptors (Lipinski definition) is 2. The number of hydrogen-bond donors (Lipinski definition) is 0. The largest absolute Gasteiger partial charge is 0.490 e. The van der Waals surface area contributed by atoms with Crippen molar-refractivity contribution in [3.05, 3.63) is 65.5 Å². The number of Topliss-reactive ketones (excluding diaryl/α,β-unsaturated/α-hetero) is 1. The van der Waals surface area contributed by atoms with Gasteiger partial charge in [0.15, 0.2) is 5.78 Å². The lowest BCUT2D eigenvalue weighted by Crippen LogP contribution is -2.14. The molecule has 0 amide bonds. The average Bonchev–Trinajstić information content (AvgIpc) is 2.87. The number of halogens is 1. The Kier molecular flexibility index (Phi) is 3.50. The summed E-state index contributed by atoms with van der Waals surface area (Å²) >= 11 is 0. The van der Waals surface area contributed by atoms with E-state index in [-0.39, 0.29) is 17.7 Å². The van der Waals surface area contributed by atoms with Crippen molar-refractivity contribution in [3.63, 3.8) is 0 Å². The Morgan fingerprint density at radius 1 is 1.20 bits per heavy atom. The lowest BCUT2D eigenvalue weighted by Gasteiger charge is -2.09. The summed E-state index contributed by atoms with van der Waals surface area (Å²) < 4.78 is 18.8. The second kappa shape index (κ2) is 5.45. The van der Waals surface area contributed by atoms with Crippen molar-refractivity contribution in [1.29, 1.82) is 0 Å². The molecule has 2 aromatic rings. The van der Waals surface area contributed by atoms with E-state index >= 15 is 0 Å². The van der Waals surface area contributed by atoms with E-state index in [0.29, 0.717) is 19.3 Å². The number of ether oxygens (including phenoxy) is 1. The zero-order chi connectivity index (χ0) is 13.9. The van der Waals surface area contributed by atoms with Crippen LogP contribution in [-0.4, -0.2) is 11.9 Å². The van der Waals surface area contributed by atoms with Crippen molar-refractivity contribution in [3.8, 4) is 5.75 Å². The van der Waals surface area contributed by atoms with Gasteiger partial charge in [0.05, 0.1) is 0 Å². The molecule has 1 aliphatic heterocycles. The van der Waals surface area contributed by atoms with Crippen molar-refractivity contribution in [2.24, 2.45) is 0 Å². The standard InChI is InChI=1S/C17H15FO2/c18-14-6-9-17-13(10-14)11-15(20-17)7-8-16(19)12-4-2-1-3-5-12/h1-6,9-10,15H,7-8,11H2. The van der Waals surface area contributed by atoms with E-state index in [1.54, 1.807) is 6.07 Å². The fourth-order valence-corrected chi connectivity index (χ4v) is 2.51. The van der Waals surface area contributed by atoms with E-state index in [9.17, 15) is 9.18 Å². The normalized spacial score (nSPS) is 16.6. The molecule has 1 aliphatic rings. The lowest BCUT2D eigenvalue weighted by atomic mass is 10.0. The smallest absolute Gasteiger partial charge is 0.163 e. The van der Waals surface area contributed by atoms with Gasteiger partial charge in [-0.15, -0.1) is 0 Å². The van der Waals surface area contributed by atoms with E-state index in [0.717, 1.165) is 16.9 Å². The molecule has 0 aromatic heterocycles. The molecule has 0 saturated carbocycles. The van der Waals surface area contributed by atoms with Crippen LogP contribution in [0.2, 0.25) is 0 Å². The Morgan fingerprint density at radius 2 is 2.00 bits per heavy atom. The van der Waals surface area contributed by atoms with Gasteiger partial charge in [-0.1, -0.05) is 30.3 Å². The molecule has 0 aliphatic carbocycles. The van der Waals surface area contributed by atoms with Gasteiger partial charge in [0.1, 0.15) is 17.7 Å². The first-order valence-corrected chi connectivity index (χ1v) is 6.76. The van der Waals surface area contributed by atoms with Crippen molar-refractivity contribution in [2.75, 3.05) is 0 Å². The summed E-state index contributed by atoms with van der Waals surface area (Å²) in [5, 5.41) is 0. The number of carbonyl (C=O) groups is 1. The van der Waals surface area contributed by atoms with Crippen LogP contribution in [-0.2, 0) is 6.42 Å². The van der Waals surface area contributed by atoms with Gasteiger partial charge in [-0.05, 0) is 24.6 Å². The molecule has 2 nitrogen and oxygen atoms in total. The third-order valence-corrected chi connectivity index (χ3v) is 3.55. The third kappa shape index (κ3) is 2.72. The Balaban J connectivity index is 1.58. The number of rotatable bonds is 4. The van der Waals surface area contributed by atoms with Gasteiger partial charge >= 0.3 is 0 Å². The first-order chi connectivity index (χ1) is 9.72. The highest BCUT2D eigenvalue weighted by atomic mass is 19.1. The molecule has 0 saturated heterocycles. The molecular weight excluding hydrogens is 255 g/mol. The summed E-state index contributed by atoms with van der Waals surface area (Å²) in [6.07, 6.45) is 1.75. The zero-order valence-electron chi connectivity index (χ0n) is 11.0. The summed E-state index contributed by atoms with van der Waals surface area (Å²) in [6.45, 7) is 0. The molecule has 102 valence electrons. The Morgan fingerprint density at radius 3 is 2.80 bits per heavy atom. The molecule has 0 spiro atoms. The molecule has 0 bridgehead atoms. The lowest BCUT2D eigenvalue weighted by molar-refractivity contribution is 0.0960. The van der Waals surface area contributed by atoms with Crippen LogP contribution >= 0.6 is 0 Å². The predicted octanol–water partition coefficient (Wildman–Crippen LogP) is 3.79. The molecule has 1 heterocycles. The fraction of sp³-hybridized carbons (Fsp3) is 0.235. The van der Waals surface area contributed by atoms with Gasteiger partial charge in [0.25, 0.3) is 0 Å². The van der Waals surface area contributed by atoms with Crippen molar-refractivity contribution in [2.45, 2.75) is 25.4 Å². The molecule has 0 fully saturated rings. The number of fused-ring (bicyclic) bond motifs is 1. The van der Waals surface area contributed by atoms with Crippen molar-refractivity contribution in [1.82, 2.24) is 0 Å². The Hall–Kier alpha value is -2.16. The summed E-state index contributed by atoms with van der Waals surface area (Å²) in [7, 11) is 0. The first kappa shape index (κ1) is 12.9. The summed E-state index contributed by atoms with van der Waals surface area (Å²) in [4.78, 5) is 12.0. The van der Waals surface area contributed by atoms with Gasteiger partial charge in [-0.2, -0.15) is 0 Å². The molecule has 3 heteroatoms. The molecule has 3 rings (SSSR count). The molecule has 2 aromatic carbocycles. The van der Waals surface area contributed by atoms with E-state index in [2.05, 4.69) is 0 Å². The first-order valence-electron chi connectivity index (χ1n) is 6.76. The minimum atomic E-state index is -0.242. The highest BCUT2D eigenvalue weighted by Crippen LogP contribution is 2.31. The van der Waals surface area contributed by atoms with Crippen molar-refractivity contribution < 1.29 is 13.9 Å². The van der Waals surface area contributed by atoms with E-state index in [4.69, 9.17) is 4.74 Å². The van der Waals surface area contributed by atoms with Gasteiger partial charge in [-0.25, -0.2) is 4.39 Å². The van der Waals surface area contributed by atoms with Crippen LogP contribution in [0.5, 0.6) is 5.75 Å². The average molecular weight is 270 g/mol. The summed E-state index contributed by atoms with van der Waals surface area (Å²) in [6, 6.07) is 13.8. The second-order valence-electron chi connectivity index (χ2n) is 5.02. The minimum absolute atomic E-state index is 0.0283. The molecule has 0 radical (unpaired) electrons. The number of benzene rings is 2. The van der Waals surface area contributed by atoms with Crippen LogP contribution in [0.15, 0.2) is 48.5 Å². The summed E-state index contributed by atoms with van der Waals surface area (Å²) in [5.74, 6) is 0.619. The molecule has 1 unspecified atom stereocenters. The van der Waals surface area contributed by atoms with Crippen LogP contribution in [0.4, 0.5) is 4.39 Å². The predicted molar refractivity (Wildman–Crippen MR) is 74.5 cm³/mol. The van der Waals surface area contributed by atoms with Crippen LogP contribution in [0.25, 0.3) is 0 Å². The van der Waals surface area contributed by atoms with Gasteiger partial charge in [0.2, 0.25) is 0 Å². The maximum absolute atomic E-state index is 13.1. The third-order valence-electron chi connectivity index (χ3n) is 3.55. The van der Waals surface area contributed by atoms with Crippen LogP contribution in [0, 0.1) is 5.82 Å². The van der Waals surface area contributed by atoms with Gasteiger partial charge in [-0.3, -0.25) is 4.79 Å². The Bertz CT molecular complexity index is 622. The summed E-state index contributed by atoms with van der Waals surface area (Å²) in [5.41, 5.74) is 1.62. The second-order valence-corrected chi connectivity index (χ2v) is 5.02. The molecule has 1 atom stereocenters. The molecule has 0 N–H and O–H groups in total. The van der Waals surface area contributed by atoms with E-state index in [1.807, 2.05) is 30.3 Å². The van der Waals surface area contributed by atoms with Crippen molar-refractivity contribution >= 4 is 5.78 Å². The zero-order valence-corrected chi connectivity index (χ0v) is 11.0. The van der Waals surface area contributed by atoms with E-state index in [1.165, 1.54) is 12.1 Å². The quantitative estimate of drug-likeness (QED) is 0.790. The fourth-order valence-electron chi connectivity index (χ4n) is 2.51. The van der Waals surface area contributed by atoms with Crippen LogP contribution in [0.3, 0.4) is 0 Å². The minimum Gasteiger partial charge on any atom is -0.490 e. The topological polar surface area (TPSA) is 26.3 Å². The highest BCUT2D eigenvalue weighted by Gasteiger charge is 2.23. The maximum atomic E-state index is 13.1. The van der Waals surface area contributed by atoms with Gasteiger partial charge < -0.3 is 4.74 Å². The maximum Gasteiger partial charge on any atom is 0.163 e. The van der Waals surface area contributed by atoms with Gasteiger partial charge in [0, 0.05) is 24.0 Å². The highest BCUT2D eigenvalue weighted by molar-refractivity contribution is 5.95. The number of carbonyl (C=O) groups excluding carboxylic acids is 1. The monoisotopic (exact) mass is 270 g/mol. The Labute approximate surface area is 117 Å². The molecule has 20 heavy (non-hydrogen) atoms. The van der Waals surface area contributed by atoms with Crippen LogP contribution < -0.4 is 4.74 Å². The number of ketones is 1. The van der Waals surface area contributed by atoms with E-state index < -0.39 is 0 Å². The SMILES string of the molecule is O=C(CCC1Cc2cc(F)ccc2O1)c1ccccc1. The van der Waals surface area contributed by atoms with Crippen LogP contribution in [0.1, 0.15) is 28.8 Å².